The fourth-order valence-corrected chi connectivity index (χ4v) is 4.54. The van der Waals surface area contributed by atoms with Crippen LogP contribution in [0.5, 0.6) is 11.5 Å². The van der Waals surface area contributed by atoms with Crippen molar-refractivity contribution in [1.29, 1.82) is 0 Å². The van der Waals surface area contributed by atoms with E-state index in [4.69, 9.17) is 9.47 Å². The van der Waals surface area contributed by atoms with Gasteiger partial charge in [-0.2, -0.15) is 0 Å². The van der Waals surface area contributed by atoms with Crippen LogP contribution in [-0.2, 0) is 6.42 Å². The maximum absolute atomic E-state index is 12.7. The summed E-state index contributed by atoms with van der Waals surface area (Å²) in [4.78, 5) is 16.6. The number of benzene rings is 2. The van der Waals surface area contributed by atoms with Gasteiger partial charge in [0, 0.05) is 43.6 Å². The van der Waals surface area contributed by atoms with Crippen molar-refractivity contribution in [3.63, 3.8) is 0 Å². The second-order valence-corrected chi connectivity index (χ2v) is 8.36. The number of fused-ring (bicyclic) bond motifs is 1. The number of methoxy groups -OCH3 is 2. The normalized spacial score (nSPS) is 20.3. The van der Waals surface area contributed by atoms with E-state index in [1.54, 1.807) is 26.2 Å². The zero-order valence-electron chi connectivity index (χ0n) is 19.1. The highest BCUT2D eigenvalue weighted by molar-refractivity contribution is 5.87. The number of hydrogen-bond acceptors (Lipinski definition) is 5. The molecule has 2 N–H and O–H groups in total. The minimum atomic E-state index is -0.267. The molecule has 170 valence electrons. The number of amides is 2. The summed E-state index contributed by atoms with van der Waals surface area (Å²) in [6, 6.07) is 12.1. The Kier molecular flexibility index (Phi) is 6.28. The quantitative estimate of drug-likeness (QED) is 0.768. The van der Waals surface area contributed by atoms with Gasteiger partial charge in [-0.1, -0.05) is 12.1 Å². The number of carbonyl (C=O) groups excluding carboxylic acids is 1. The summed E-state index contributed by atoms with van der Waals surface area (Å²) in [5, 5.41) is 12.6. The molecule has 0 saturated carbocycles. The minimum Gasteiger partial charge on any atom is -0.493 e. The van der Waals surface area contributed by atoms with Crippen LogP contribution in [0.2, 0.25) is 0 Å². The molecule has 1 fully saturated rings. The van der Waals surface area contributed by atoms with Crippen molar-refractivity contribution in [3.05, 3.63) is 59.3 Å². The van der Waals surface area contributed by atoms with E-state index in [1.807, 2.05) is 25.3 Å². The van der Waals surface area contributed by atoms with E-state index in [-0.39, 0.29) is 18.2 Å². The van der Waals surface area contributed by atoms with Gasteiger partial charge in [-0.25, -0.2) is 4.79 Å². The molecule has 2 amide bonds. The van der Waals surface area contributed by atoms with Crippen molar-refractivity contribution in [2.45, 2.75) is 31.9 Å². The van der Waals surface area contributed by atoms with Crippen molar-refractivity contribution >= 4 is 17.3 Å². The molecule has 2 aliphatic rings. The molecule has 2 atom stereocenters. The Hall–Kier alpha value is -3.19. The van der Waals surface area contributed by atoms with Crippen molar-refractivity contribution in [3.8, 4) is 11.5 Å². The summed E-state index contributed by atoms with van der Waals surface area (Å²) in [6.07, 6.45) is 3.14. The van der Waals surface area contributed by atoms with Crippen LogP contribution in [0.3, 0.4) is 0 Å². The van der Waals surface area contributed by atoms with Gasteiger partial charge in [0.2, 0.25) is 0 Å². The highest BCUT2D eigenvalue weighted by Crippen LogP contribution is 2.39. The van der Waals surface area contributed by atoms with E-state index in [1.165, 1.54) is 0 Å². The molecule has 32 heavy (non-hydrogen) atoms. The predicted molar refractivity (Wildman–Crippen MR) is 125 cm³/mol. The second-order valence-electron chi connectivity index (χ2n) is 8.36. The smallest absolute Gasteiger partial charge is 0.321 e. The zero-order valence-corrected chi connectivity index (χ0v) is 19.1. The Balaban J connectivity index is 1.80. The molecule has 2 aromatic rings. The molecule has 0 spiro atoms. The van der Waals surface area contributed by atoms with E-state index < -0.39 is 0 Å². The third kappa shape index (κ3) is 4.12. The van der Waals surface area contributed by atoms with Gasteiger partial charge in [0.1, 0.15) is 0 Å². The minimum absolute atomic E-state index is 0.0327. The Bertz CT molecular complexity index is 1020. The first-order chi connectivity index (χ1) is 15.4. The van der Waals surface area contributed by atoms with Crippen LogP contribution >= 0.6 is 0 Å². The molecule has 4 rings (SSSR count). The van der Waals surface area contributed by atoms with Gasteiger partial charge in [0.15, 0.2) is 11.5 Å². The first-order valence-electron chi connectivity index (χ1n) is 11.0. The number of anilines is 1. The maximum Gasteiger partial charge on any atom is 0.321 e. The molecule has 0 radical (unpaired) electrons. The van der Waals surface area contributed by atoms with Crippen LogP contribution in [0, 0.1) is 0 Å². The summed E-state index contributed by atoms with van der Waals surface area (Å²) in [6.45, 7) is 3.55. The Labute approximate surface area is 189 Å². The van der Waals surface area contributed by atoms with Gasteiger partial charge < -0.3 is 24.8 Å². The number of β-amino-alcohol motifs (C(OH)–C–C–N with tert-alkyl or cyclic N) is 1. The predicted octanol–water partition coefficient (Wildman–Crippen LogP) is 3.25. The second kappa shape index (κ2) is 9.12. The molecule has 2 aliphatic heterocycles. The van der Waals surface area contributed by atoms with Crippen LogP contribution in [0.4, 0.5) is 10.5 Å². The molecule has 0 bridgehead atoms. The largest absolute Gasteiger partial charge is 0.493 e. The average molecular weight is 438 g/mol. The number of hydrogen-bond donors (Lipinski definition) is 2. The fraction of sp³-hybridized carbons (Fsp3) is 0.400. The molecule has 7 nitrogen and oxygen atoms in total. The Morgan fingerprint density at radius 1 is 1.12 bits per heavy atom. The van der Waals surface area contributed by atoms with Crippen molar-refractivity contribution in [2.75, 3.05) is 39.3 Å². The van der Waals surface area contributed by atoms with Gasteiger partial charge in [-0.05, 0) is 60.7 Å². The van der Waals surface area contributed by atoms with Crippen LogP contribution in [0.1, 0.15) is 30.0 Å². The number of ether oxygens (including phenoxy) is 2. The average Bonchev–Trinajstić information content (AvgIpc) is 3.19. The van der Waals surface area contributed by atoms with E-state index in [2.05, 4.69) is 34.5 Å². The van der Waals surface area contributed by atoms with Crippen molar-refractivity contribution in [1.82, 2.24) is 10.2 Å². The van der Waals surface area contributed by atoms with Gasteiger partial charge in [-0.15, -0.1) is 0 Å². The van der Waals surface area contributed by atoms with Gasteiger partial charge in [0.05, 0.1) is 20.3 Å². The van der Waals surface area contributed by atoms with Crippen LogP contribution in [0.15, 0.2) is 42.6 Å². The number of nitrogens with zero attached hydrogens (tertiary/aromatic N) is 2. The summed E-state index contributed by atoms with van der Waals surface area (Å²) in [5.74, 6) is 1.33. The Morgan fingerprint density at radius 3 is 2.41 bits per heavy atom. The number of carbonyl (C=O) groups is 1. The monoisotopic (exact) mass is 437 g/mol. The highest BCUT2D eigenvalue weighted by Gasteiger charge is 2.27. The molecule has 1 saturated heterocycles. The van der Waals surface area contributed by atoms with E-state index >= 15 is 0 Å². The lowest BCUT2D eigenvalue weighted by Gasteiger charge is -2.24. The van der Waals surface area contributed by atoms with Gasteiger partial charge >= 0.3 is 6.03 Å². The number of aliphatic hydroxyl groups excluding tert-OH is 1. The molecule has 2 heterocycles. The molecule has 2 aromatic carbocycles. The maximum atomic E-state index is 12.7. The lowest BCUT2D eigenvalue weighted by Crippen LogP contribution is -2.40. The number of urea groups is 1. The molecule has 0 aliphatic carbocycles. The number of aliphatic hydroxyl groups is 1. The molecule has 0 unspecified atom stereocenters. The summed E-state index contributed by atoms with van der Waals surface area (Å²) >= 11 is 0. The van der Waals surface area contributed by atoms with E-state index in [0.717, 1.165) is 40.9 Å². The van der Waals surface area contributed by atoms with E-state index in [9.17, 15) is 9.90 Å². The molecular formula is C25H31N3O4. The fourth-order valence-electron chi connectivity index (χ4n) is 4.54. The number of nitrogens with one attached hydrogen (secondary N) is 1. The summed E-state index contributed by atoms with van der Waals surface area (Å²) in [5.41, 5.74) is 5.15. The first-order valence-corrected chi connectivity index (χ1v) is 11.0. The van der Waals surface area contributed by atoms with Crippen LogP contribution in [0.25, 0.3) is 5.57 Å². The number of rotatable bonds is 4. The topological polar surface area (TPSA) is 74.3 Å². The summed E-state index contributed by atoms with van der Waals surface area (Å²) in [7, 11) is 4.90. The molecular weight excluding hydrogens is 406 g/mol. The van der Waals surface area contributed by atoms with Crippen molar-refractivity contribution in [2.24, 2.45) is 0 Å². The van der Waals surface area contributed by atoms with E-state index in [0.29, 0.717) is 24.5 Å². The summed E-state index contributed by atoms with van der Waals surface area (Å²) < 4.78 is 11.1. The standard InChI is InChI=1S/C25H31N3O4/c1-16-11-18-12-23(31-3)24(32-4)13-21(18)22(15-28(16)25(30)26-2)17-5-7-19(8-6-17)27-10-9-20(29)14-27/h5-8,12-13,15-16,20,29H,9-11,14H2,1-4H3,(H,26,30)/t16-,20+/m1/s1. The lowest BCUT2D eigenvalue weighted by atomic mass is 9.92. The zero-order chi connectivity index (χ0) is 22.8. The third-order valence-corrected chi connectivity index (χ3v) is 6.31. The lowest BCUT2D eigenvalue weighted by molar-refractivity contribution is 0.198. The van der Waals surface area contributed by atoms with Crippen LogP contribution < -0.4 is 19.7 Å². The SMILES string of the molecule is CNC(=O)N1C=C(c2ccc(N3CC[C@H](O)C3)cc2)c2cc(OC)c(OC)cc2C[C@H]1C. The van der Waals surface area contributed by atoms with Gasteiger partial charge in [0.25, 0.3) is 0 Å². The first kappa shape index (κ1) is 22.0. The Morgan fingerprint density at radius 2 is 1.81 bits per heavy atom. The molecule has 7 heteroatoms. The molecule has 0 aromatic heterocycles. The van der Waals surface area contributed by atoms with Gasteiger partial charge in [-0.3, -0.25) is 4.90 Å². The third-order valence-electron chi connectivity index (χ3n) is 6.31. The van der Waals surface area contributed by atoms with Crippen molar-refractivity contribution < 1.29 is 19.4 Å². The van der Waals surface area contributed by atoms with Crippen LogP contribution in [-0.4, -0.2) is 62.5 Å². The highest BCUT2D eigenvalue weighted by atomic mass is 16.5.